The Kier molecular flexibility index (Phi) is 7.04. The second kappa shape index (κ2) is 12.2. The summed E-state index contributed by atoms with van der Waals surface area (Å²) in [6, 6.07) is 68.7. The molecule has 0 amide bonds. The molecule has 0 saturated carbocycles. The Morgan fingerprint density at radius 2 is 0.923 bits per heavy atom. The fraction of sp³-hybridized carbons (Fsp3) is 0.0204. The minimum Gasteiger partial charge on any atom is -0.453 e. The Morgan fingerprint density at radius 1 is 0.385 bits per heavy atom. The number of hydrogen-bond acceptors (Lipinski definition) is 3. The molecule has 0 spiro atoms. The average Bonchev–Trinajstić information content (AvgIpc) is 3.80. The predicted octanol–water partition coefficient (Wildman–Crippen LogP) is 12.3. The minimum atomic E-state index is -0.505. The molecular weight excluding hydrogens is 633 g/mol. The maximum absolute atomic E-state index is 6.35. The first-order valence-corrected chi connectivity index (χ1v) is 17.7. The largest absolute Gasteiger partial charge is 0.453 e. The van der Waals surface area contributed by atoms with E-state index in [1.165, 1.54) is 38.9 Å². The molecule has 2 aromatic heterocycles. The van der Waals surface area contributed by atoms with Crippen molar-refractivity contribution >= 4 is 11.0 Å². The summed E-state index contributed by atoms with van der Waals surface area (Å²) < 4.78 is 6.35. The van der Waals surface area contributed by atoms with Gasteiger partial charge in [-0.05, 0) is 68.8 Å². The van der Waals surface area contributed by atoms with Gasteiger partial charge in [-0.15, -0.1) is 0 Å². The second-order valence-corrected chi connectivity index (χ2v) is 13.3. The number of aromatic nitrogens is 2. The first kappa shape index (κ1) is 30.0. The van der Waals surface area contributed by atoms with Gasteiger partial charge in [-0.2, -0.15) is 0 Å². The van der Waals surface area contributed by atoms with Crippen LogP contribution in [0.5, 0.6) is 0 Å². The van der Waals surface area contributed by atoms with Crippen molar-refractivity contribution in [2.24, 2.45) is 0 Å². The van der Waals surface area contributed by atoms with Crippen LogP contribution in [0, 0.1) is 0 Å². The van der Waals surface area contributed by atoms with E-state index >= 15 is 0 Å². The van der Waals surface area contributed by atoms with E-state index in [2.05, 4.69) is 164 Å². The molecule has 1 aliphatic rings. The lowest BCUT2D eigenvalue weighted by molar-refractivity contribution is 0.625. The van der Waals surface area contributed by atoms with Crippen molar-refractivity contribution < 1.29 is 4.42 Å². The van der Waals surface area contributed by atoms with E-state index < -0.39 is 5.41 Å². The molecule has 52 heavy (non-hydrogen) atoms. The molecule has 2 heterocycles. The zero-order valence-corrected chi connectivity index (χ0v) is 28.3. The van der Waals surface area contributed by atoms with E-state index in [1.54, 1.807) is 0 Å². The summed E-state index contributed by atoms with van der Waals surface area (Å²) in [6.07, 6.45) is 0. The Labute approximate surface area is 302 Å². The number of para-hydroxylation sites is 1. The first-order valence-electron chi connectivity index (χ1n) is 17.7. The predicted molar refractivity (Wildman–Crippen MR) is 211 cm³/mol. The van der Waals surface area contributed by atoms with Crippen molar-refractivity contribution in [3.8, 4) is 56.4 Å². The lowest BCUT2D eigenvalue weighted by atomic mass is 9.67. The van der Waals surface area contributed by atoms with Gasteiger partial charge >= 0.3 is 0 Å². The third kappa shape index (κ3) is 4.82. The molecule has 0 saturated heterocycles. The molecule has 0 radical (unpaired) electrons. The highest BCUT2D eigenvalue weighted by Crippen LogP contribution is 2.56. The zero-order valence-electron chi connectivity index (χ0n) is 28.3. The van der Waals surface area contributed by atoms with Crippen LogP contribution in [0.2, 0.25) is 0 Å². The summed E-state index contributed by atoms with van der Waals surface area (Å²) >= 11 is 0. The van der Waals surface area contributed by atoms with Crippen LogP contribution in [0.3, 0.4) is 0 Å². The minimum absolute atomic E-state index is 0.505. The van der Waals surface area contributed by atoms with Gasteiger partial charge in [0.25, 0.3) is 0 Å². The molecule has 3 nitrogen and oxygen atoms in total. The molecule has 0 N–H and O–H groups in total. The van der Waals surface area contributed by atoms with E-state index in [0.29, 0.717) is 11.6 Å². The highest BCUT2D eigenvalue weighted by Gasteiger charge is 2.46. The van der Waals surface area contributed by atoms with Crippen molar-refractivity contribution in [1.82, 2.24) is 9.97 Å². The number of furan rings is 1. The molecule has 0 aliphatic heterocycles. The van der Waals surface area contributed by atoms with Crippen LogP contribution in [0.4, 0.5) is 0 Å². The molecule has 0 unspecified atom stereocenters. The number of nitrogens with zero attached hydrogens (tertiary/aromatic N) is 2. The van der Waals surface area contributed by atoms with Crippen molar-refractivity contribution in [3.05, 3.63) is 216 Å². The number of fused-ring (bicyclic) bond motifs is 4. The number of rotatable bonds is 6. The fourth-order valence-electron chi connectivity index (χ4n) is 8.01. The number of hydrogen-bond donors (Lipinski definition) is 0. The van der Waals surface area contributed by atoms with Gasteiger partial charge < -0.3 is 4.42 Å². The average molecular weight is 665 g/mol. The summed E-state index contributed by atoms with van der Waals surface area (Å²) in [5.41, 5.74) is 13.8. The van der Waals surface area contributed by atoms with E-state index in [9.17, 15) is 0 Å². The summed E-state index contributed by atoms with van der Waals surface area (Å²) in [4.78, 5) is 10.3. The van der Waals surface area contributed by atoms with E-state index in [4.69, 9.17) is 14.4 Å². The lowest BCUT2D eigenvalue weighted by Crippen LogP contribution is -2.28. The summed E-state index contributed by atoms with van der Waals surface area (Å²) in [5.74, 6) is 1.19. The van der Waals surface area contributed by atoms with E-state index in [1.807, 2.05) is 30.3 Å². The zero-order chi connectivity index (χ0) is 34.5. The SMILES string of the molecule is c1ccc(-c2ccc(-c3cc(-c4ccc5c(c4)C(c4ccccc4)(c4ccccc4)c4ccccc4-5)nc(-c4cc5ccccc5o4)n3)cc2)cc1. The molecule has 9 aromatic rings. The molecule has 7 aromatic carbocycles. The van der Waals surface area contributed by atoms with Crippen molar-refractivity contribution in [2.75, 3.05) is 0 Å². The molecule has 0 fully saturated rings. The first-order chi connectivity index (χ1) is 25.8. The molecule has 0 atom stereocenters. The van der Waals surface area contributed by atoms with Gasteiger partial charge in [0.05, 0.1) is 16.8 Å². The van der Waals surface area contributed by atoms with E-state index in [0.717, 1.165) is 39.0 Å². The summed E-state index contributed by atoms with van der Waals surface area (Å²) in [6.45, 7) is 0. The smallest absolute Gasteiger partial charge is 0.196 e. The quantitative estimate of drug-likeness (QED) is 0.178. The van der Waals surface area contributed by atoms with Gasteiger partial charge in [0.15, 0.2) is 11.6 Å². The van der Waals surface area contributed by atoms with Gasteiger partial charge in [0.2, 0.25) is 0 Å². The van der Waals surface area contributed by atoms with Crippen molar-refractivity contribution in [3.63, 3.8) is 0 Å². The highest BCUT2D eigenvalue weighted by molar-refractivity contribution is 5.89. The molecule has 3 heteroatoms. The van der Waals surface area contributed by atoms with Gasteiger partial charge in [0.1, 0.15) is 5.58 Å². The van der Waals surface area contributed by atoms with Crippen LogP contribution in [-0.4, -0.2) is 9.97 Å². The summed E-state index contributed by atoms with van der Waals surface area (Å²) in [7, 11) is 0. The summed E-state index contributed by atoms with van der Waals surface area (Å²) in [5, 5.41) is 1.02. The normalized spacial score (nSPS) is 12.8. The monoisotopic (exact) mass is 664 g/mol. The van der Waals surface area contributed by atoms with Crippen LogP contribution in [0.1, 0.15) is 22.3 Å². The van der Waals surface area contributed by atoms with Crippen molar-refractivity contribution in [2.45, 2.75) is 5.41 Å². The van der Waals surface area contributed by atoms with Gasteiger partial charge in [-0.1, -0.05) is 170 Å². The maximum atomic E-state index is 6.35. The fourth-order valence-corrected chi connectivity index (χ4v) is 8.01. The van der Waals surface area contributed by atoms with Crippen molar-refractivity contribution in [1.29, 1.82) is 0 Å². The van der Waals surface area contributed by atoms with Gasteiger partial charge in [-0.3, -0.25) is 0 Å². The van der Waals surface area contributed by atoms with E-state index in [-0.39, 0.29) is 0 Å². The van der Waals surface area contributed by atoms with Gasteiger partial charge in [-0.25, -0.2) is 9.97 Å². The Morgan fingerprint density at radius 3 is 1.63 bits per heavy atom. The van der Waals surface area contributed by atoms with Crippen LogP contribution >= 0.6 is 0 Å². The van der Waals surface area contributed by atoms with Crippen LogP contribution in [0.15, 0.2) is 199 Å². The highest BCUT2D eigenvalue weighted by atomic mass is 16.3. The standard InChI is InChI=1S/C49H32N2O/c1-4-14-33(15-5-1)34-24-26-35(27-25-34)44-32-45(51-48(50-44)47-31-37-16-10-13-23-46(37)52-47)36-28-29-41-40-21-11-12-22-42(40)49(43(41)30-36,38-17-6-2-7-18-38)39-19-8-3-9-20-39/h1-32H. The molecule has 0 bridgehead atoms. The van der Waals surface area contributed by atoms with Crippen LogP contribution in [-0.2, 0) is 5.41 Å². The third-order valence-electron chi connectivity index (χ3n) is 10.4. The maximum Gasteiger partial charge on any atom is 0.196 e. The van der Waals surface area contributed by atoms with Crippen LogP contribution in [0.25, 0.3) is 67.3 Å². The molecule has 244 valence electrons. The number of benzene rings is 7. The van der Waals surface area contributed by atoms with Gasteiger partial charge in [0, 0.05) is 16.5 Å². The third-order valence-corrected chi connectivity index (χ3v) is 10.4. The molecular formula is C49H32N2O. The molecule has 1 aliphatic carbocycles. The van der Waals surface area contributed by atoms with Crippen LogP contribution < -0.4 is 0 Å². The Balaban J connectivity index is 1.19. The Hall–Kier alpha value is -6.84. The molecule has 10 rings (SSSR count). The Bertz CT molecular complexity index is 2640. The lowest BCUT2D eigenvalue weighted by Gasteiger charge is -2.34. The second-order valence-electron chi connectivity index (χ2n) is 13.3. The topological polar surface area (TPSA) is 38.9 Å².